The molecular weight excluding hydrogens is 308 g/mol. The van der Waals surface area contributed by atoms with Crippen molar-refractivity contribution in [3.63, 3.8) is 0 Å². The second-order valence-corrected chi connectivity index (χ2v) is 5.94. The first-order chi connectivity index (χ1) is 11.5. The molecule has 7 heteroatoms. The highest BCUT2D eigenvalue weighted by molar-refractivity contribution is 5.74. The van der Waals surface area contributed by atoms with Gasteiger partial charge in [0.15, 0.2) is 11.2 Å². The SMILES string of the molecule is Cc1cn2c(nc3c2c(=O)n(Cc2ccccc2C)c(=O)n3C)o1. The summed E-state index contributed by atoms with van der Waals surface area (Å²) >= 11 is 0. The number of hydrogen-bond acceptors (Lipinski definition) is 4. The third-order valence-electron chi connectivity index (χ3n) is 4.30. The van der Waals surface area contributed by atoms with E-state index in [1.54, 1.807) is 24.6 Å². The molecule has 0 amide bonds. The largest absolute Gasteiger partial charge is 0.428 e. The summed E-state index contributed by atoms with van der Waals surface area (Å²) in [5.41, 5.74) is 1.87. The van der Waals surface area contributed by atoms with E-state index >= 15 is 0 Å². The minimum absolute atomic E-state index is 0.220. The van der Waals surface area contributed by atoms with Crippen LogP contribution in [0.15, 0.2) is 44.5 Å². The molecule has 0 bridgehead atoms. The molecule has 0 spiro atoms. The molecule has 0 unspecified atom stereocenters. The molecule has 24 heavy (non-hydrogen) atoms. The minimum atomic E-state index is -0.395. The molecule has 1 aromatic carbocycles. The summed E-state index contributed by atoms with van der Waals surface area (Å²) in [7, 11) is 1.61. The number of aryl methyl sites for hydroxylation is 3. The van der Waals surface area contributed by atoms with E-state index in [9.17, 15) is 9.59 Å². The highest BCUT2D eigenvalue weighted by atomic mass is 16.4. The normalized spacial score (nSPS) is 11.6. The Kier molecular flexibility index (Phi) is 2.99. The van der Waals surface area contributed by atoms with E-state index in [4.69, 9.17) is 4.42 Å². The van der Waals surface area contributed by atoms with E-state index in [1.807, 2.05) is 31.2 Å². The van der Waals surface area contributed by atoms with Crippen molar-refractivity contribution in [2.24, 2.45) is 7.05 Å². The average Bonchev–Trinajstić information content (AvgIpc) is 3.07. The summed E-state index contributed by atoms with van der Waals surface area (Å²) in [6.45, 7) is 3.96. The Labute approximate surface area is 136 Å². The topological polar surface area (TPSA) is 74.4 Å². The van der Waals surface area contributed by atoms with Crippen LogP contribution in [-0.2, 0) is 13.6 Å². The molecule has 3 aromatic heterocycles. The van der Waals surface area contributed by atoms with Crippen LogP contribution < -0.4 is 11.2 Å². The van der Waals surface area contributed by atoms with Crippen LogP contribution in [0, 0.1) is 13.8 Å². The monoisotopic (exact) mass is 324 g/mol. The second kappa shape index (κ2) is 4.95. The molecule has 0 saturated heterocycles. The zero-order valence-corrected chi connectivity index (χ0v) is 13.6. The zero-order chi connectivity index (χ0) is 17.0. The van der Waals surface area contributed by atoms with Crippen LogP contribution in [0.2, 0.25) is 0 Å². The van der Waals surface area contributed by atoms with Gasteiger partial charge in [-0.05, 0) is 25.0 Å². The van der Waals surface area contributed by atoms with E-state index in [-0.39, 0.29) is 12.1 Å². The fourth-order valence-electron chi connectivity index (χ4n) is 2.96. The Morgan fingerprint density at radius 2 is 1.92 bits per heavy atom. The van der Waals surface area contributed by atoms with Crippen molar-refractivity contribution in [2.45, 2.75) is 20.4 Å². The van der Waals surface area contributed by atoms with Gasteiger partial charge in [0.2, 0.25) is 0 Å². The van der Waals surface area contributed by atoms with Crippen LogP contribution in [0.3, 0.4) is 0 Å². The average molecular weight is 324 g/mol. The summed E-state index contributed by atoms with van der Waals surface area (Å²) < 4.78 is 9.69. The molecule has 122 valence electrons. The Morgan fingerprint density at radius 1 is 1.17 bits per heavy atom. The first-order valence-corrected chi connectivity index (χ1v) is 7.60. The van der Waals surface area contributed by atoms with Crippen molar-refractivity contribution in [3.8, 4) is 0 Å². The number of aromatic nitrogens is 4. The van der Waals surface area contributed by atoms with Gasteiger partial charge in [-0.25, -0.2) is 4.79 Å². The maximum atomic E-state index is 12.9. The summed E-state index contributed by atoms with van der Waals surface area (Å²) in [5, 5.41) is 0. The first kappa shape index (κ1) is 14.5. The van der Waals surface area contributed by atoms with Crippen LogP contribution in [0.5, 0.6) is 0 Å². The summed E-state index contributed by atoms with van der Waals surface area (Å²) in [6, 6.07) is 7.70. The Balaban J connectivity index is 2.05. The molecule has 0 fully saturated rings. The lowest BCUT2D eigenvalue weighted by atomic mass is 10.1. The molecule has 0 aliphatic rings. The molecule has 7 nitrogen and oxygen atoms in total. The van der Waals surface area contributed by atoms with E-state index in [0.29, 0.717) is 22.8 Å². The van der Waals surface area contributed by atoms with Gasteiger partial charge in [-0.2, -0.15) is 4.98 Å². The molecule has 0 radical (unpaired) electrons. The van der Waals surface area contributed by atoms with E-state index in [0.717, 1.165) is 11.1 Å². The number of hydrogen-bond donors (Lipinski definition) is 0. The molecule has 0 N–H and O–H groups in total. The van der Waals surface area contributed by atoms with Crippen LogP contribution in [0.25, 0.3) is 17.0 Å². The minimum Gasteiger partial charge on any atom is -0.428 e. The Morgan fingerprint density at radius 3 is 2.67 bits per heavy atom. The fraction of sp³-hybridized carbons (Fsp3) is 0.235. The molecule has 4 aromatic rings. The van der Waals surface area contributed by atoms with Crippen LogP contribution in [0.1, 0.15) is 16.9 Å². The van der Waals surface area contributed by atoms with Gasteiger partial charge in [0.1, 0.15) is 5.76 Å². The first-order valence-electron chi connectivity index (χ1n) is 7.60. The van der Waals surface area contributed by atoms with Gasteiger partial charge >= 0.3 is 11.5 Å². The van der Waals surface area contributed by atoms with E-state index in [2.05, 4.69) is 4.98 Å². The van der Waals surface area contributed by atoms with Crippen molar-refractivity contribution in [2.75, 3.05) is 0 Å². The predicted octanol–water partition coefficient (Wildman–Crippen LogP) is 1.61. The van der Waals surface area contributed by atoms with E-state index < -0.39 is 5.69 Å². The number of benzene rings is 1. The van der Waals surface area contributed by atoms with E-state index in [1.165, 1.54) is 9.13 Å². The van der Waals surface area contributed by atoms with Crippen molar-refractivity contribution < 1.29 is 4.42 Å². The van der Waals surface area contributed by atoms with Crippen LogP contribution >= 0.6 is 0 Å². The van der Waals surface area contributed by atoms with Crippen molar-refractivity contribution in [3.05, 3.63) is 68.2 Å². The maximum absolute atomic E-state index is 12.9. The highest BCUT2D eigenvalue weighted by Crippen LogP contribution is 2.15. The van der Waals surface area contributed by atoms with Crippen molar-refractivity contribution in [1.29, 1.82) is 0 Å². The van der Waals surface area contributed by atoms with Gasteiger partial charge in [0.05, 0.1) is 12.7 Å². The van der Waals surface area contributed by atoms with Crippen molar-refractivity contribution >= 4 is 17.0 Å². The van der Waals surface area contributed by atoms with Gasteiger partial charge in [-0.1, -0.05) is 24.3 Å². The van der Waals surface area contributed by atoms with Gasteiger partial charge in [0.25, 0.3) is 5.56 Å². The van der Waals surface area contributed by atoms with Crippen LogP contribution in [-0.4, -0.2) is 18.5 Å². The lowest BCUT2D eigenvalue weighted by molar-refractivity contribution is 0.563. The maximum Gasteiger partial charge on any atom is 0.332 e. The fourth-order valence-corrected chi connectivity index (χ4v) is 2.96. The lowest BCUT2D eigenvalue weighted by Crippen LogP contribution is -2.39. The summed E-state index contributed by atoms with van der Waals surface area (Å²) in [6.07, 6.45) is 1.70. The molecule has 0 saturated carbocycles. The quantitative estimate of drug-likeness (QED) is 0.561. The molecule has 0 aliphatic heterocycles. The molecular formula is C17H16N4O3. The molecule has 4 rings (SSSR count). The number of nitrogens with zero attached hydrogens (tertiary/aromatic N) is 4. The highest BCUT2D eigenvalue weighted by Gasteiger charge is 2.19. The van der Waals surface area contributed by atoms with Crippen molar-refractivity contribution in [1.82, 2.24) is 18.5 Å². The molecule has 3 heterocycles. The smallest absolute Gasteiger partial charge is 0.332 e. The van der Waals surface area contributed by atoms with Crippen LogP contribution in [0.4, 0.5) is 0 Å². The predicted molar refractivity (Wildman–Crippen MR) is 89.5 cm³/mol. The summed E-state index contributed by atoms with van der Waals surface area (Å²) in [5.74, 6) is 0.960. The Bertz CT molecular complexity index is 1210. The van der Waals surface area contributed by atoms with Gasteiger partial charge < -0.3 is 4.42 Å². The number of oxazole rings is 1. The third-order valence-corrected chi connectivity index (χ3v) is 4.30. The zero-order valence-electron chi connectivity index (χ0n) is 13.6. The third kappa shape index (κ3) is 1.94. The standard InChI is InChI=1S/C17H16N4O3/c1-10-6-4-5-7-12(10)9-21-15(22)13-14(19(3)17(21)23)18-16-20(13)8-11(2)24-16/h4-8H,9H2,1-3H3. The second-order valence-electron chi connectivity index (χ2n) is 5.94. The van der Waals surface area contributed by atoms with Gasteiger partial charge in [-0.3, -0.25) is 18.3 Å². The summed E-state index contributed by atoms with van der Waals surface area (Å²) in [4.78, 5) is 29.8. The van der Waals surface area contributed by atoms with Gasteiger partial charge in [-0.15, -0.1) is 0 Å². The molecule has 0 atom stereocenters. The number of fused-ring (bicyclic) bond motifs is 3. The lowest BCUT2D eigenvalue weighted by Gasteiger charge is -2.10. The number of rotatable bonds is 2. The number of imidazole rings is 1. The van der Waals surface area contributed by atoms with Gasteiger partial charge in [0, 0.05) is 7.05 Å². The molecule has 0 aliphatic carbocycles. The Hall–Kier alpha value is -3.09.